The van der Waals surface area contributed by atoms with Crippen molar-refractivity contribution in [2.24, 2.45) is 0 Å². The van der Waals surface area contributed by atoms with Gasteiger partial charge in [-0.2, -0.15) is 0 Å². The van der Waals surface area contributed by atoms with Gasteiger partial charge in [0.05, 0.1) is 11.5 Å². The number of carbonyl (C=O) groups is 1. The van der Waals surface area contributed by atoms with Gasteiger partial charge in [-0.3, -0.25) is 14.4 Å². The van der Waals surface area contributed by atoms with Crippen molar-refractivity contribution in [3.63, 3.8) is 0 Å². The standard InChI is InChI=1S/C27H31N3O4S/c1-2-34-25-13-15-26(16-14-25)35(32,33)29-24-11-9-23(10-12-24)27(31)28-19-21-5-7-22(8-6-21)20-30-17-3-4-18-30/h5-16,29H,2-4,17-20H2,1H3,(H,28,31). The second-order valence-electron chi connectivity index (χ2n) is 8.57. The minimum atomic E-state index is -3.74. The van der Waals surface area contributed by atoms with Crippen LogP contribution in [0.25, 0.3) is 0 Å². The number of carbonyl (C=O) groups excluding carboxylic acids is 1. The Hall–Kier alpha value is -3.36. The summed E-state index contributed by atoms with van der Waals surface area (Å²) < 4.78 is 33.2. The molecular formula is C27H31N3O4S. The number of nitrogens with zero attached hydrogens (tertiary/aromatic N) is 1. The van der Waals surface area contributed by atoms with E-state index in [9.17, 15) is 13.2 Å². The highest BCUT2D eigenvalue weighted by atomic mass is 32.2. The minimum Gasteiger partial charge on any atom is -0.494 e. The highest BCUT2D eigenvalue weighted by Gasteiger charge is 2.15. The average Bonchev–Trinajstić information content (AvgIpc) is 3.37. The highest BCUT2D eigenvalue weighted by molar-refractivity contribution is 7.92. The number of ether oxygens (including phenoxy) is 1. The first-order valence-electron chi connectivity index (χ1n) is 11.9. The molecule has 3 aromatic carbocycles. The summed E-state index contributed by atoms with van der Waals surface area (Å²) in [5.41, 5.74) is 3.15. The van der Waals surface area contributed by atoms with Crippen LogP contribution < -0.4 is 14.8 Å². The summed E-state index contributed by atoms with van der Waals surface area (Å²) in [6, 6.07) is 20.9. The third-order valence-corrected chi connectivity index (χ3v) is 7.32. The largest absolute Gasteiger partial charge is 0.494 e. The summed E-state index contributed by atoms with van der Waals surface area (Å²) in [6.45, 7) is 6.11. The van der Waals surface area contributed by atoms with E-state index in [0.29, 0.717) is 30.2 Å². The first kappa shape index (κ1) is 24.8. The number of hydrogen-bond donors (Lipinski definition) is 2. The van der Waals surface area contributed by atoms with Gasteiger partial charge in [0.2, 0.25) is 0 Å². The van der Waals surface area contributed by atoms with Gasteiger partial charge >= 0.3 is 0 Å². The molecule has 0 bridgehead atoms. The van der Waals surface area contributed by atoms with Crippen molar-refractivity contribution >= 4 is 21.6 Å². The topological polar surface area (TPSA) is 87.7 Å². The minimum absolute atomic E-state index is 0.134. The summed E-state index contributed by atoms with van der Waals surface area (Å²) in [4.78, 5) is 15.1. The van der Waals surface area contributed by atoms with Crippen LogP contribution in [0.2, 0.25) is 0 Å². The van der Waals surface area contributed by atoms with Crippen molar-refractivity contribution in [3.05, 3.63) is 89.5 Å². The first-order valence-corrected chi connectivity index (χ1v) is 13.4. The SMILES string of the molecule is CCOc1ccc(S(=O)(=O)Nc2ccc(C(=O)NCc3ccc(CN4CCCC4)cc3)cc2)cc1. The number of hydrogen-bond acceptors (Lipinski definition) is 5. The van der Waals surface area contributed by atoms with Crippen LogP contribution in [0.1, 0.15) is 41.3 Å². The number of rotatable bonds is 10. The summed E-state index contributed by atoms with van der Waals surface area (Å²) in [5, 5.41) is 2.92. The lowest BCUT2D eigenvalue weighted by Gasteiger charge is -2.14. The molecule has 1 aliphatic heterocycles. The van der Waals surface area contributed by atoms with E-state index in [1.54, 1.807) is 36.4 Å². The average molecular weight is 494 g/mol. The highest BCUT2D eigenvalue weighted by Crippen LogP contribution is 2.20. The fourth-order valence-electron chi connectivity index (χ4n) is 4.03. The van der Waals surface area contributed by atoms with Crippen LogP contribution >= 0.6 is 0 Å². The molecule has 0 saturated carbocycles. The molecule has 35 heavy (non-hydrogen) atoms. The van der Waals surface area contributed by atoms with E-state index >= 15 is 0 Å². The first-order chi connectivity index (χ1) is 16.9. The quantitative estimate of drug-likeness (QED) is 0.437. The second kappa shape index (κ2) is 11.4. The molecule has 0 unspecified atom stereocenters. The molecule has 0 spiro atoms. The molecule has 1 amide bonds. The van der Waals surface area contributed by atoms with Gasteiger partial charge in [0.15, 0.2) is 0 Å². The lowest BCUT2D eigenvalue weighted by Crippen LogP contribution is -2.23. The molecule has 2 N–H and O–H groups in total. The summed E-state index contributed by atoms with van der Waals surface area (Å²) in [7, 11) is -3.74. The van der Waals surface area contributed by atoms with Gasteiger partial charge in [0.25, 0.3) is 15.9 Å². The molecule has 1 aliphatic rings. The van der Waals surface area contributed by atoms with Crippen molar-refractivity contribution in [3.8, 4) is 5.75 Å². The van der Waals surface area contributed by atoms with Gasteiger partial charge < -0.3 is 10.1 Å². The molecule has 0 aliphatic carbocycles. The van der Waals surface area contributed by atoms with Crippen molar-refractivity contribution in [2.75, 3.05) is 24.4 Å². The number of nitrogens with one attached hydrogen (secondary N) is 2. The molecule has 0 atom stereocenters. The molecule has 1 heterocycles. The van der Waals surface area contributed by atoms with E-state index in [1.807, 2.05) is 19.1 Å². The fourth-order valence-corrected chi connectivity index (χ4v) is 5.09. The van der Waals surface area contributed by atoms with Gasteiger partial charge in [0.1, 0.15) is 5.75 Å². The van der Waals surface area contributed by atoms with Crippen LogP contribution in [-0.4, -0.2) is 38.9 Å². The molecule has 3 aromatic rings. The molecule has 1 fully saturated rings. The smallest absolute Gasteiger partial charge is 0.261 e. The summed E-state index contributed by atoms with van der Waals surface area (Å²) in [5.74, 6) is 0.395. The zero-order chi connectivity index (χ0) is 24.7. The predicted octanol–water partition coefficient (Wildman–Crippen LogP) is 4.41. The van der Waals surface area contributed by atoms with Gasteiger partial charge in [-0.15, -0.1) is 0 Å². The predicted molar refractivity (Wildman–Crippen MR) is 137 cm³/mol. The number of likely N-dealkylation sites (tertiary alicyclic amines) is 1. The maximum Gasteiger partial charge on any atom is 0.261 e. The van der Waals surface area contributed by atoms with E-state index in [0.717, 1.165) is 12.1 Å². The van der Waals surface area contributed by atoms with E-state index in [-0.39, 0.29) is 10.8 Å². The van der Waals surface area contributed by atoms with E-state index in [4.69, 9.17) is 4.74 Å². The molecule has 4 rings (SSSR count). The van der Waals surface area contributed by atoms with E-state index < -0.39 is 10.0 Å². The van der Waals surface area contributed by atoms with Gasteiger partial charge in [-0.1, -0.05) is 24.3 Å². The number of anilines is 1. The molecule has 0 aromatic heterocycles. The summed E-state index contributed by atoms with van der Waals surface area (Å²) in [6.07, 6.45) is 2.55. The van der Waals surface area contributed by atoms with Crippen LogP contribution in [0.4, 0.5) is 5.69 Å². The molecule has 7 nitrogen and oxygen atoms in total. The van der Waals surface area contributed by atoms with E-state index in [1.165, 1.54) is 43.6 Å². The number of sulfonamides is 1. The third kappa shape index (κ3) is 6.83. The van der Waals surface area contributed by atoms with E-state index in [2.05, 4.69) is 27.1 Å². The Kier molecular flexibility index (Phi) is 8.05. The molecule has 0 radical (unpaired) electrons. The van der Waals surface area contributed by atoms with Crippen LogP contribution in [0.3, 0.4) is 0 Å². The van der Waals surface area contributed by atoms with Gasteiger partial charge in [-0.25, -0.2) is 8.42 Å². The Bertz CT molecular complexity index is 1220. The van der Waals surface area contributed by atoms with Crippen molar-refractivity contribution in [2.45, 2.75) is 37.8 Å². The molecule has 184 valence electrons. The lowest BCUT2D eigenvalue weighted by molar-refractivity contribution is 0.0951. The van der Waals surface area contributed by atoms with Gasteiger partial charge in [0, 0.05) is 24.3 Å². The Balaban J connectivity index is 1.29. The third-order valence-electron chi connectivity index (χ3n) is 5.93. The van der Waals surface area contributed by atoms with Crippen LogP contribution in [0, 0.1) is 0 Å². The lowest BCUT2D eigenvalue weighted by atomic mass is 10.1. The monoisotopic (exact) mass is 493 g/mol. The van der Waals surface area contributed by atoms with Crippen molar-refractivity contribution in [1.29, 1.82) is 0 Å². The Morgan fingerprint density at radius 2 is 1.51 bits per heavy atom. The number of benzene rings is 3. The van der Waals surface area contributed by atoms with Gasteiger partial charge in [-0.05, 0) is 92.5 Å². The zero-order valence-corrected chi connectivity index (χ0v) is 20.7. The molecular weight excluding hydrogens is 462 g/mol. The fraction of sp³-hybridized carbons (Fsp3) is 0.296. The maximum atomic E-state index is 12.6. The van der Waals surface area contributed by atoms with Crippen molar-refractivity contribution in [1.82, 2.24) is 10.2 Å². The molecule has 1 saturated heterocycles. The summed E-state index contributed by atoms with van der Waals surface area (Å²) >= 11 is 0. The van der Waals surface area contributed by atoms with Crippen LogP contribution in [0.5, 0.6) is 5.75 Å². The second-order valence-corrected chi connectivity index (χ2v) is 10.3. The zero-order valence-electron chi connectivity index (χ0n) is 19.9. The Morgan fingerprint density at radius 1 is 0.886 bits per heavy atom. The van der Waals surface area contributed by atoms with Crippen molar-refractivity contribution < 1.29 is 17.9 Å². The molecule has 8 heteroatoms. The Labute approximate surface area is 207 Å². The maximum absolute atomic E-state index is 12.6. The number of amides is 1. The normalized spacial score (nSPS) is 14.0. The van der Waals surface area contributed by atoms with Crippen LogP contribution in [-0.2, 0) is 23.1 Å². The Morgan fingerprint density at radius 3 is 2.14 bits per heavy atom. The van der Waals surface area contributed by atoms with Crippen LogP contribution in [0.15, 0.2) is 77.7 Å².